The zero-order chi connectivity index (χ0) is 12.6. The zero-order valence-corrected chi connectivity index (χ0v) is 12.1. The zero-order valence-electron chi connectivity index (χ0n) is 9.03. The Morgan fingerprint density at radius 1 is 1.06 bits per heavy atom. The molecular formula is C12H9Cl4N. The van der Waals surface area contributed by atoms with Gasteiger partial charge < -0.3 is 0 Å². The van der Waals surface area contributed by atoms with E-state index in [2.05, 4.69) is 11.9 Å². The molecule has 0 bridgehead atoms. The van der Waals surface area contributed by atoms with Gasteiger partial charge in [-0.05, 0) is 24.1 Å². The Balaban J connectivity index is 2.79. The average molecular weight is 309 g/mol. The molecule has 1 aromatic heterocycles. The number of hydrogen-bond acceptors (Lipinski definition) is 1. The number of halogens is 4. The molecule has 0 N–H and O–H groups in total. The van der Waals surface area contributed by atoms with E-state index < -0.39 is 0 Å². The van der Waals surface area contributed by atoms with E-state index in [-0.39, 0.29) is 0 Å². The van der Waals surface area contributed by atoms with Crippen LogP contribution in [0.2, 0.25) is 20.2 Å². The molecule has 0 saturated heterocycles. The molecule has 0 aliphatic rings. The predicted octanol–water partition coefficient (Wildman–Crippen LogP) is 5.80. The van der Waals surface area contributed by atoms with E-state index in [0.717, 1.165) is 23.8 Å². The fraction of sp³-hybridized carbons (Fsp3) is 0.250. The minimum absolute atomic E-state index is 0.427. The summed E-state index contributed by atoms with van der Waals surface area (Å²) in [6.45, 7) is 2.08. The van der Waals surface area contributed by atoms with Crippen molar-refractivity contribution in [2.75, 3.05) is 0 Å². The van der Waals surface area contributed by atoms with Crippen LogP contribution in [0.4, 0.5) is 0 Å². The molecule has 2 rings (SSSR count). The molecule has 2 aromatic rings. The number of aromatic nitrogens is 1. The molecule has 1 heterocycles. The number of benzene rings is 1. The molecular weight excluding hydrogens is 300 g/mol. The van der Waals surface area contributed by atoms with Crippen molar-refractivity contribution >= 4 is 57.3 Å². The minimum atomic E-state index is 0.427. The highest BCUT2D eigenvalue weighted by Crippen LogP contribution is 2.36. The fourth-order valence-corrected chi connectivity index (χ4v) is 2.65. The molecule has 1 nitrogen and oxygen atoms in total. The second kappa shape index (κ2) is 5.19. The van der Waals surface area contributed by atoms with E-state index in [4.69, 9.17) is 46.4 Å². The van der Waals surface area contributed by atoms with E-state index >= 15 is 0 Å². The molecule has 0 unspecified atom stereocenters. The summed E-state index contributed by atoms with van der Waals surface area (Å²) in [6.07, 6.45) is 1.83. The molecule has 1 aromatic carbocycles. The van der Waals surface area contributed by atoms with Gasteiger partial charge in [-0.25, -0.2) is 4.98 Å². The predicted molar refractivity (Wildman–Crippen MR) is 75.8 cm³/mol. The summed E-state index contributed by atoms with van der Waals surface area (Å²) < 4.78 is 0. The monoisotopic (exact) mass is 307 g/mol. The van der Waals surface area contributed by atoms with Crippen LogP contribution in [-0.2, 0) is 6.42 Å². The molecule has 0 amide bonds. The molecule has 0 spiro atoms. The van der Waals surface area contributed by atoms with Crippen molar-refractivity contribution in [2.45, 2.75) is 19.8 Å². The number of nitrogens with zero attached hydrogens (tertiary/aromatic N) is 1. The van der Waals surface area contributed by atoms with Crippen molar-refractivity contribution in [3.8, 4) is 0 Å². The Morgan fingerprint density at radius 2 is 1.76 bits per heavy atom. The average Bonchev–Trinajstić information content (AvgIpc) is 2.28. The van der Waals surface area contributed by atoms with Crippen molar-refractivity contribution in [1.82, 2.24) is 4.98 Å². The van der Waals surface area contributed by atoms with E-state index in [9.17, 15) is 0 Å². The maximum Gasteiger partial charge on any atom is 0.133 e. The normalized spacial score (nSPS) is 11.1. The smallest absolute Gasteiger partial charge is 0.133 e. The standard InChI is InChI=1S/C12H9Cl4N/c1-2-3-6-4-7-10(15)8(13)5-9(14)11(7)17-12(6)16/h4-5H,2-3H2,1H3. The van der Waals surface area contributed by atoms with Crippen LogP contribution in [-0.4, -0.2) is 4.98 Å². The summed E-state index contributed by atoms with van der Waals surface area (Å²) in [6, 6.07) is 3.49. The van der Waals surface area contributed by atoms with Gasteiger partial charge in [-0.2, -0.15) is 0 Å². The van der Waals surface area contributed by atoms with Crippen LogP contribution in [0.25, 0.3) is 10.9 Å². The molecule has 90 valence electrons. The number of aryl methyl sites for hydroxylation is 1. The molecule has 17 heavy (non-hydrogen) atoms. The summed E-state index contributed by atoms with van der Waals surface area (Å²) in [7, 11) is 0. The van der Waals surface area contributed by atoms with E-state index in [0.29, 0.717) is 25.7 Å². The van der Waals surface area contributed by atoms with E-state index in [1.54, 1.807) is 6.07 Å². The van der Waals surface area contributed by atoms with Crippen molar-refractivity contribution < 1.29 is 0 Å². The van der Waals surface area contributed by atoms with Gasteiger partial charge in [0.25, 0.3) is 0 Å². The summed E-state index contributed by atoms with van der Waals surface area (Å²) in [5.74, 6) is 0. The van der Waals surface area contributed by atoms with Crippen LogP contribution in [0, 0.1) is 0 Å². The van der Waals surface area contributed by atoms with Crippen LogP contribution < -0.4 is 0 Å². The number of rotatable bonds is 2. The van der Waals surface area contributed by atoms with Crippen LogP contribution >= 0.6 is 46.4 Å². The fourth-order valence-electron chi connectivity index (χ4n) is 1.70. The lowest BCUT2D eigenvalue weighted by Gasteiger charge is -2.08. The first-order valence-electron chi connectivity index (χ1n) is 5.17. The Labute approximate surface area is 120 Å². The molecule has 0 aliphatic carbocycles. The van der Waals surface area contributed by atoms with Crippen LogP contribution in [0.5, 0.6) is 0 Å². The Bertz CT molecular complexity index is 580. The Kier molecular flexibility index (Phi) is 4.04. The van der Waals surface area contributed by atoms with Crippen molar-refractivity contribution in [2.24, 2.45) is 0 Å². The lowest BCUT2D eigenvalue weighted by molar-refractivity contribution is 0.918. The summed E-state index contributed by atoms with van der Waals surface area (Å²) in [5.41, 5.74) is 1.55. The molecule has 0 atom stereocenters. The number of pyridine rings is 1. The van der Waals surface area contributed by atoms with Gasteiger partial charge in [0.1, 0.15) is 5.15 Å². The summed E-state index contributed by atoms with van der Waals surface area (Å²) >= 11 is 24.3. The Hall–Kier alpha value is -0.210. The van der Waals surface area contributed by atoms with Crippen molar-refractivity contribution in [3.63, 3.8) is 0 Å². The maximum atomic E-state index is 6.15. The van der Waals surface area contributed by atoms with Gasteiger partial charge in [-0.15, -0.1) is 0 Å². The third kappa shape index (κ3) is 2.48. The van der Waals surface area contributed by atoms with Crippen molar-refractivity contribution in [1.29, 1.82) is 0 Å². The summed E-state index contributed by atoms with van der Waals surface area (Å²) in [5, 5.41) is 2.57. The molecule has 5 heteroatoms. The lowest BCUT2D eigenvalue weighted by Crippen LogP contribution is -1.91. The summed E-state index contributed by atoms with van der Waals surface area (Å²) in [4.78, 5) is 4.29. The second-order valence-electron chi connectivity index (χ2n) is 3.74. The molecule has 0 radical (unpaired) electrons. The third-order valence-electron chi connectivity index (χ3n) is 2.49. The van der Waals surface area contributed by atoms with Gasteiger partial charge in [-0.1, -0.05) is 59.7 Å². The van der Waals surface area contributed by atoms with Gasteiger partial charge in [0.2, 0.25) is 0 Å². The third-order valence-corrected chi connectivity index (χ3v) is 3.91. The Morgan fingerprint density at radius 3 is 2.41 bits per heavy atom. The second-order valence-corrected chi connectivity index (χ2v) is 5.29. The van der Waals surface area contributed by atoms with E-state index in [1.807, 2.05) is 6.07 Å². The molecule has 0 saturated carbocycles. The van der Waals surface area contributed by atoms with Gasteiger partial charge in [0.05, 0.1) is 20.6 Å². The molecule has 0 aliphatic heterocycles. The highest BCUT2D eigenvalue weighted by atomic mass is 35.5. The highest BCUT2D eigenvalue weighted by molar-refractivity contribution is 6.47. The first-order valence-corrected chi connectivity index (χ1v) is 6.68. The first-order chi connectivity index (χ1) is 8.04. The van der Waals surface area contributed by atoms with Crippen LogP contribution in [0.15, 0.2) is 12.1 Å². The van der Waals surface area contributed by atoms with Crippen LogP contribution in [0.1, 0.15) is 18.9 Å². The van der Waals surface area contributed by atoms with Gasteiger partial charge in [0, 0.05) is 5.39 Å². The highest BCUT2D eigenvalue weighted by Gasteiger charge is 2.12. The quantitative estimate of drug-likeness (QED) is 0.504. The van der Waals surface area contributed by atoms with Crippen LogP contribution in [0.3, 0.4) is 0 Å². The molecule has 0 fully saturated rings. The van der Waals surface area contributed by atoms with Gasteiger partial charge in [0.15, 0.2) is 0 Å². The maximum absolute atomic E-state index is 6.15. The topological polar surface area (TPSA) is 12.9 Å². The van der Waals surface area contributed by atoms with E-state index in [1.165, 1.54) is 0 Å². The largest absolute Gasteiger partial charge is 0.234 e. The minimum Gasteiger partial charge on any atom is -0.234 e. The number of hydrogen-bond donors (Lipinski definition) is 0. The number of fused-ring (bicyclic) bond motifs is 1. The van der Waals surface area contributed by atoms with Gasteiger partial charge >= 0.3 is 0 Å². The van der Waals surface area contributed by atoms with Crippen molar-refractivity contribution in [3.05, 3.63) is 37.9 Å². The van der Waals surface area contributed by atoms with Gasteiger partial charge in [-0.3, -0.25) is 0 Å². The SMILES string of the molecule is CCCc1cc2c(Cl)c(Cl)cc(Cl)c2nc1Cl. The first kappa shape index (κ1) is 13.2. The lowest BCUT2D eigenvalue weighted by atomic mass is 10.1.